The molecule has 0 amide bonds. The number of hydrogen-bond acceptors (Lipinski definition) is 5. The van der Waals surface area contributed by atoms with Crippen LogP contribution in [0.25, 0.3) is 0 Å². The lowest BCUT2D eigenvalue weighted by molar-refractivity contribution is -0.386. The van der Waals surface area contributed by atoms with Crippen molar-refractivity contribution in [2.75, 3.05) is 0 Å². The molecule has 1 aromatic heterocycles. The van der Waals surface area contributed by atoms with Gasteiger partial charge in [0.25, 0.3) is 0 Å². The Balaban J connectivity index is 3.76. The molecule has 1 rings (SSSR count). The zero-order valence-corrected chi connectivity index (χ0v) is 8.24. The molecule has 0 aliphatic heterocycles. The van der Waals surface area contributed by atoms with Gasteiger partial charge in [-0.1, -0.05) is 11.6 Å². The van der Waals surface area contributed by atoms with Crippen molar-refractivity contribution in [2.24, 2.45) is 0 Å². The molecule has 6 nitrogen and oxygen atoms in total. The van der Waals surface area contributed by atoms with E-state index in [0.29, 0.717) is 0 Å². The fourth-order valence-corrected chi connectivity index (χ4v) is 1.36. The summed E-state index contributed by atoms with van der Waals surface area (Å²) in [6, 6.07) is 3.21. The predicted molar refractivity (Wildman–Crippen MR) is 50.1 cm³/mol. The van der Waals surface area contributed by atoms with Crippen LogP contribution in [0.3, 0.4) is 0 Å². The van der Waals surface area contributed by atoms with E-state index in [0.717, 1.165) is 0 Å². The first-order valence-electron chi connectivity index (χ1n) is 3.67. The molecule has 0 spiro atoms. The van der Waals surface area contributed by atoms with Gasteiger partial charge in [-0.05, 0) is 6.92 Å². The van der Waals surface area contributed by atoms with Gasteiger partial charge >= 0.3 is 5.69 Å². The monoisotopic (exact) mass is 222 g/mol. The molecule has 0 aliphatic rings. The second-order valence-electron chi connectivity index (χ2n) is 2.57. The van der Waals surface area contributed by atoms with Crippen LogP contribution >= 0.6 is 11.6 Å². The van der Waals surface area contributed by atoms with Crippen LogP contribution in [0, 0.1) is 39.7 Å². The Morgan fingerprint density at radius 1 is 1.40 bits per heavy atom. The lowest BCUT2D eigenvalue weighted by atomic mass is 10.1. The first-order chi connectivity index (χ1) is 7.02. The zero-order chi connectivity index (χ0) is 11.6. The molecule has 74 valence electrons. The van der Waals surface area contributed by atoms with E-state index in [-0.39, 0.29) is 22.0 Å². The third kappa shape index (κ3) is 1.71. The smallest absolute Gasteiger partial charge is 0.258 e. The van der Waals surface area contributed by atoms with Crippen LogP contribution < -0.4 is 0 Å². The van der Waals surface area contributed by atoms with Crippen molar-refractivity contribution in [1.29, 1.82) is 10.5 Å². The number of halogens is 1. The van der Waals surface area contributed by atoms with Crippen LogP contribution in [-0.2, 0) is 0 Å². The molecular weight excluding hydrogens is 220 g/mol. The maximum absolute atomic E-state index is 10.6. The number of nitro groups is 1. The van der Waals surface area contributed by atoms with Crippen molar-refractivity contribution in [1.82, 2.24) is 4.98 Å². The van der Waals surface area contributed by atoms with Crippen LogP contribution in [0.2, 0.25) is 5.15 Å². The van der Waals surface area contributed by atoms with Gasteiger partial charge in [-0.2, -0.15) is 10.5 Å². The molecule has 7 heteroatoms. The maximum Gasteiger partial charge on any atom is 0.309 e. The molecule has 0 aliphatic carbocycles. The van der Waals surface area contributed by atoms with E-state index in [1.165, 1.54) is 6.92 Å². The van der Waals surface area contributed by atoms with E-state index >= 15 is 0 Å². The predicted octanol–water partition coefficient (Wildman–Crippen LogP) is 1.69. The van der Waals surface area contributed by atoms with E-state index in [9.17, 15) is 10.1 Å². The fourth-order valence-electron chi connectivity index (χ4n) is 1.09. The molecular formula is C8H3ClN4O2. The molecule has 0 N–H and O–H groups in total. The molecule has 0 saturated heterocycles. The van der Waals surface area contributed by atoms with Gasteiger partial charge in [0, 0.05) is 0 Å². The van der Waals surface area contributed by atoms with Crippen LogP contribution in [0.15, 0.2) is 0 Å². The summed E-state index contributed by atoms with van der Waals surface area (Å²) >= 11 is 5.58. The minimum atomic E-state index is -0.752. The van der Waals surface area contributed by atoms with Crippen molar-refractivity contribution in [2.45, 2.75) is 6.92 Å². The summed E-state index contributed by atoms with van der Waals surface area (Å²) in [7, 11) is 0. The Labute approximate surface area is 89.5 Å². The Hall–Kier alpha value is -2.18. The first kappa shape index (κ1) is 10.9. The SMILES string of the molecule is Cc1nc(Cl)c(C#N)c(C#N)c1[N+](=O)[O-]. The van der Waals surface area contributed by atoms with Crippen LogP contribution in [-0.4, -0.2) is 9.91 Å². The summed E-state index contributed by atoms with van der Waals surface area (Å²) in [5.41, 5.74) is -1.07. The number of nitrogens with zero attached hydrogens (tertiary/aromatic N) is 4. The van der Waals surface area contributed by atoms with E-state index < -0.39 is 10.6 Å². The van der Waals surface area contributed by atoms with Crippen LogP contribution in [0.1, 0.15) is 16.8 Å². The van der Waals surface area contributed by atoms with Gasteiger partial charge in [0.1, 0.15) is 28.5 Å². The summed E-state index contributed by atoms with van der Waals surface area (Å²) in [5, 5.41) is 27.9. The fraction of sp³-hybridized carbons (Fsp3) is 0.125. The highest BCUT2D eigenvalue weighted by atomic mass is 35.5. The second-order valence-corrected chi connectivity index (χ2v) is 2.93. The highest BCUT2D eigenvalue weighted by Gasteiger charge is 2.25. The Bertz CT molecular complexity index is 527. The lowest BCUT2D eigenvalue weighted by Crippen LogP contribution is -2.01. The summed E-state index contributed by atoms with van der Waals surface area (Å²) in [6.45, 7) is 1.35. The molecule has 0 radical (unpaired) electrons. The summed E-state index contributed by atoms with van der Waals surface area (Å²) < 4.78 is 0. The number of hydrogen-bond donors (Lipinski definition) is 0. The van der Waals surface area contributed by atoms with Gasteiger partial charge in [-0.25, -0.2) is 4.98 Å². The quantitative estimate of drug-likeness (QED) is 0.409. The molecule has 0 fully saturated rings. The van der Waals surface area contributed by atoms with Crippen molar-refractivity contribution >= 4 is 17.3 Å². The number of aromatic nitrogens is 1. The van der Waals surface area contributed by atoms with Crippen molar-refractivity contribution < 1.29 is 4.92 Å². The van der Waals surface area contributed by atoms with Crippen LogP contribution in [0.4, 0.5) is 5.69 Å². The number of pyridine rings is 1. The standard InChI is InChI=1S/C8H3ClN4O2/c1-4-7(13(14)15)5(2-10)6(3-11)8(9)12-4/h1H3. The summed E-state index contributed by atoms with van der Waals surface area (Å²) in [5.74, 6) is 0. The topological polar surface area (TPSA) is 104 Å². The Morgan fingerprint density at radius 2 is 1.93 bits per heavy atom. The molecule has 0 unspecified atom stereocenters. The molecule has 1 heterocycles. The third-order valence-corrected chi connectivity index (χ3v) is 1.98. The number of rotatable bonds is 1. The molecule has 0 aromatic carbocycles. The minimum absolute atomic E-state index is 0.0144. The van der Waals surface area contributed by atoms with E-state index in [2.05, 4.69) is 4.98 Å². The largest absolute Gasteiger partial charge is 0.309 e. The van der Waals surface area contributed by atoms with Gasteiger partial charge < -0.3 is 0 Å². The first-order valence-corrected chi connectivity index (χ1v) is 4.05. The highest BCUT2D eigenvalue weighted by Crippen LogP contribution is 2.28. The van der Waals surface area contributed by atoms with E-state index in [4.69, 9.17) is 22.1 Å². The molecule has 0 atom stereocenters. The van der Waals surface area contributed by atoms with Gasteiger partial charge in [0.2, 0.25) is 0 Å². The Morgan fingerprint density at radius 3 is 2.33 bits per heavy atom. The van der Waals surface area contributed by atoms with Gasteiger partial charge in [-0.15, -0.1) is 0 Å². The maximum atomic E-state index is 10.6. The second kappa shape index (κ2) is 3.91. The van der Waals surface area contributed by atoms with Crippen molar-refractivity contribution in [3.63, 3.8) is 0 Å². The van der Waals surface area contributed by atoms with Crippen molar-refractivity contribution in [3.8, 4) is 12.1 Å². The van der Waals surface area contributed by atoms with E-state index in [1.807, 2.05) is 0 Å². The Kier molecular flexibility index (Phi) is 2.84. The summed E-state index contributed by atoms with van der Waals surface area (Å²) in [4.78, 5) is 13.5. The normalized spacial score (nSPS) is 9.07. The van der Waals surface area contributed by atoms with Crippen LogP contribution in [0.5, 0.6) is 0 Å². The van der Waals surface area contributed by atoms with Gasteiger partial charge in [0.05, 0.1) is 4.92 Å². The van der Waals surface area contributed by atoms with E-state index in [1.54, 1.807) is 12.1 Å². The highest BCUT2D eigenvalue weighted by molar-refractivity contribution is 6.30. The van der Waals surface area contributed by atoms with Crippen molar-refractivity contribution in [3.05, 3.63) is 32.1 Å². The summed E-state index contributed by atoms with van der Waals surface area (Å²) in [6.07, 6.45) is 0. The zero-order valence-electron chi connectivity index (χ0n) is 7.48. The van der Waals surface area contributed by atoms with Gasteiger partial charge in [-0.3, -0.25) is 10.1 Å². The average molecular weight is 223 g/mol. The third-order valence-electron chi connectivity index (χ3n) is 1.71. The number of aryl methyl sites for hydroxylation is 1. The van der Waals surface area contributed by atoms with Gasteiger partial charge in [0.15, 0.2) is 5.56 Å². The number of nitriles is 2. The molecule has 1 aromatic rings. The average Bonchev–Trinajstić information content (AvgIpc) is 2.15. The molecule has 0 saturated carbocycles. The molecule has 0 bridgehead atoms. The minimum Gasteiger partial charge on any atom is -0.258 e. The molecule has 15 heavy (non-hydrogen) atoms. The lowest BCUT2D eigenvalue weighted by Gasteiger charge is -2.01.